The number of rotatable bonds is 5. The summed E-state index contributed by atoms with van der Waals surface area (Å²) >= 11 is 3.50. The van der Waals surface area contributed by atoms with Crippen LogP contribution in [-0.2, 0) is 4.43 Å². The average molecular weight is 314 g/mol. The molecule has 0 amide bonds. The molecule has 0 aliphatic rings. The van der Waals surface area contributed by atoms with E-state index in [9.17, 15) is 0 Å². The van der Waals surface area contributed by atoms with Crippen LogP contribution in [0.1, 0.15) is 27.2 Å². The van der Waals surface area contributed by atoms with E-state index in [-0.39, 0.29) is 10.9 Å². The monoisotopic (exact) mass is 313 g/mol. The number of thiazole rings is 1. The van der Waals surface area contributed by atoms with Crippen LogP contribution in [0.5, 0.6) is 0 Å². The first-order valence-electron chi connectivity index (χ1n) is 6.39. The largest absolute Gasteiger partial charge is 0.405 e. The van der Waals surface area contributed by atoms with E-state index in [2.05, 4.69) is 48.6 Å². The molecule has 105 valence electrons. The topological polar surface area (TPSA) is 26.5 Å². The zero-order chi connectivity index (χ0) is 14.0. The van der Waals surface area contributed by atoms with Crippen molar-refractivity contribution in [2.24, 2.45) is 5.41 Å². The fourth-order valence-corrected chi connectivity index (χ4v) is 5.30. The van der Waals surface area contributed by atoms with Crippen molar-refractivity contribution in [1.82, 2.24) is 9.38 Å². The van der Waals surface area contributed by atoms with Crippen molar-refractivity contribution in [2.45, 2.75) is 50.7 Å². The van der Waals surface area contributed by atoms with Gasteiger partial charge in [-0.2, -0.15) is 0 Å². The summed E-state index contributed by atoms with van der Waals surface area (Å²) in [7, 11) is -0.699. The summed E-state index contributed by atoms with van der Waals surface area (Å²) in [6, 6.07) is 0. The van der Waals surface area contributed by atoms with E-state index >= 15 is 0 Å². The van der Waals surface area contributed by atoms with Crippen LogP contribution < -0.4 is 0 Å². The van der Waals surface area contributed by atoms with Crippen molar-refractivity contribution in [3.63, 3.8) is 0 Å². The van der Waals surface area contributed by atoms with Gasteiger partial charge in [0.2, 0.25) is 9.04 Å². The van der Waals surface area contributed by atoms with Crippen molar-refractivity contribution in [3.8, 4) is 0 Å². The van der Waals surface area contributed by atoms with Gasteiger partial charge in [-0.3, -0.25) is 4.40 Å². The van der Waals surface area contributed by atoms with Crippen LogP contribution >= 0.6 is 23.1 Å². The van der Waals surface area contributed by atoms with Crippen LogP contribution in [0.4, 0.5) is 0 Å². The molecule has 2 heterocycles. The molecule has 0 spiro atoms. The Balaban J connectivity index is 2.13. The molecule has 6 heteroatoms. The summed E-state index contributed by atoms with van der Waals surface area (Å²) in [6.07, 6.45) is 4.97. The molecule has 2 aromatic rings. The third-order valence-electron chi connectivity index (χ3n) is 2.51. The second-order valence-corrected chi connectivity index (χ2v) is 10.1. The zero-order valence-corrected chi connectivity index (χ0v) is 14.8. The van der Waals surface area contributed by atoms with Gasteiger partial charge in [-0.05, 0) is 24.9 Å². The van der Waals surface area contributed by atoms with Gasteiger partial charge >= 0.3 is 0 Å². The van der Waals surface area contributed by atoms with E-state index in [4.69, 9.17) is 4.43 Å². The summed E-state index contributed by atoms with van der Waals surface area (Å²) in [6.45, 7) is 11.2. The van der Waals surface area contributed by atoms with Gasteiger partial charge in [-0.25, -0.2) is 4.98 Å². The predicted octanol–water partition coefficient (Wildman–Crippen LogP) is 4.52. The lowest BCUT2D eigenvalue weighted by atomic mass is 9.93. The maximum Gasteiger partial charge on any atom is 0.206 e. The fraction of sp³-hybridized carbons (Fsp3) is 0.615. The van der Waals surface area contributed by atoms with Gasteiger partial charge in [-0.15, -0.1) is 11.3 Å². The highest BCUT2D eigenvalue weighted by Gasteiger charge is 2.23. The number of thioether (sulfide) groups is 1. The second-order valence-electron chi connectivity index (χ2n) is 6.00. The molecule has 0 saturated carbocycles. The Morgan fingerprint density at radius 1 is 1.47 bits per heavy atom. The van der Waals surface area contributed by atoms with Gasteiger partial charge in [0, 0.05) is 11.6 Å². The van der Waals surface area contributed by atoms with Gasteiger partial charge in [0.1, 0.15) is 16.2 Å². The van der Waals surface area contributed by atoms with Crippen molar-refractivity contribution in [1.29, 1.82) is 0 Å². The standard InChI is InChI=1S/C13H21N2OS2Si/c1-13(2,3)8-10(16-19(4)5)18-11-12-15(9-14-11)6-7-17-12/h6-7,9-10H,8H2,1-5H3. The molecule has 0 aromatic carbocycles. The van der Waals surface area contributed by atoms with Gasteiger partial charge in [-0.1, -0.05) is 32.5 Å². The average Bonchev–Trinajstić information content (AvgIpc) is 2.79. The molecule has 1 radical (unpaired) electrons. The minimum absolute atomic E-state index is 0.199. The highest BCUT2D eigenvalue weighted by molar-refractivity contribution is 8.00. The SMILES string of the molecule is C[Si](C)OC(CC(C)(C)C)Sc1ncn2ccsc12. The molecular formula is C13H21N2OS2Si. The van der Waals surface area contributed by atoms with Gasteiger partial charge in [0.25, 0.3) is 0 Å². The van der Waals surface area contributed by atoms with Gasteiger partial charge < -0.3 is 4.43 Å². The molecule has 3 nitrogen and oxygen atoms in total. The number of hydrogen-bond donors (Lipinski definition) is 0. The zero-order valence-electron chi connectivity index (χ0n) is 12.1. The van der Waals surface area contributed by atoms with Crippen LogP contribution in [-0.4, -0.2) is 23.9 Å². The maximum absolute atomic E-state index is 6.15. The van der Waals surface area contributed by atoms with Crippen LogP contribution in [0.2, 0.25) is 13.1 Å². The van der Waals surface area contributed by atoms with E-state index in [1.54, 1.807) is 23.1 Å². The molecular weight excluding hydrogens is 292 g/mol. The molecule has 2 rings (SSSR count). The molecule has 0 N–H and O–H groups in total. The van der Waals surface area contributed by atoms with Crippen molar-refractivity contribution < 1.29 is 4.43 Å². The fourth-order valence-electron chi connectivity index (χ4n) is 1.79. The summed E-state index contributed by atoms with van der Waals surface area (Å²) in [5.41, 5.74) is 0.466. The third kappa shape index (κ3) is 4.34. The quantitative estimate of drug-likeness (QED) is 0.461. The summed E-state index contributed by atoms with van der Waals surface area (Å²) < 4.78 is 8.22. The van der Waals surface area contributed by atoms with E-state index in [0.29, 0.717) is 0 Å². The Morgan fingerprint density at radius 2 is 2.21 bits per heavy atom. The molecule has 0 saturated heterocycles. The second kappa shape index (κ2) is 5.99. The first kappa shape index (κ1) is 15.1. The predicted molar refractivity (Wildman–Crippen MR) is 85.4 cm³/mol. The Hall–Kier alpha value is -0.303. The van der Waals surface area contributed by atoms with Gasteiger partial charge in [0.05, 0.1) is 5.44 Å². The van der Waals surface area contributed by atoms with E-state index in [1.807, 2.05) is 12.5 Å². The Morgan fingerprint density at radius 3 is 2.84 bits per heavy atom. The highest BCUT2D eigenvalue weighted by Crippen LogP contribution is 2.35. The maximum atomic E-state index is 6.15. The number of aromatic nitrogens is 2. The highest BCUT2D eigenvalue weighted by atomic mass is 32.2. The molecule has 0 fully saturated rings. The molecule has 2 aromatic heterocycles. The minimum atomic E-state index is -0.699. The smallest absolute Gasteiger partial charge is 0.206 e. The summed E-state index contributed by atoms with van der Waals surface area (Å²) in [5.74, 6) is 0. The van der Waals surface area contributed by atoms with Crippen LogP contribution in [0.15, 0.2) is 22.9 Å². The minimum Gasteiger partial charge on any atom is -0.405 e. The Kier molecular flexibility index (Phi) is 4.76. The number of imidazole rings is 1. The van der Waals surface area contributed by atoms with E-state index in [0.717, 1.165) is 11.4 Å². The van der Waals surface area contributed by atoms with Crippen molar-refractivity contribution in [3.05, 3.63) is 17.9 Å². The lowest BCUT2D eigenvalue weighted by Crippen LogP contribution is -2.23. The van der Waals surface area contributed by atoms with E-state index in [1.165, 1.54) is 4.83 Å². The van der Waals surface area contributed by atoms with Crippen molar-refractivity contribution >= 4 is 37.0 Å². The molecule has 19 heavy (non-hydrogen) atoms. The number of hydrogen-bond acceptors (Lipinski definition) is 4. The molecule has 0 bridgehead atoms. The first-order valence-corrected chi connectivity index (χ1v) is 10.6. The first-order chi connectivity index (χ1) is 8.85. The molecule has 1 atom stereocenters. The molecule has 0 aliphatic carbocycles. The normalized spacial score (nSPS) is 14.4. The number of nitrogens with zero attached hydrogens (tertiary/aromatic N) is 2. The van der Waals surface area contributed by atoms with E-state index < -0.39 is 9.04 Å². The summed E-state index contributed by atoms with van der Waals surface area (Å²) in [5, 5.41) is 3.18. The van der Waals surface area contributed by atoms with Crippen LogP contribution in [0.25, 0.3) is 4.83 Å². The Bertz CT molecular complexity index is 530. The molecule has 1 unspecified atom stereocenters. The lowest BCUT2D eigenvalue weighted by Gasteiger charge is -2.26. The number of fused-ring (bicyclic) bond motifs is 1. The lowest BCUT2D eigenvalue weighted by molar-refractivity contribution is 0.218. The van der Waals surface area contributed by atoms with Gasteiger partial charge in [0.15, 0.2) is 0 Å². The van der Waals surface area contributed by atoms with Crippen LogP contribution in [0, 0.1) is 5.41 Å². The Labute approximate surface area is 125 Å². The van der Waals surface area contributed by atoms with Crippen LogP contribution in [0.3, 0.4) is 0 Å². The van der Waals surface area contributed by atoms with Crippen molar-refractivity contribution in [2.75, 3.05) is 0 Å². The summed E-state index contributed by atoms with van der Waals surface area (Å²) in [4.78, 5) is 5.72. The third-order valence-corrected chi connectivity index (χ3v) is 5.50. The molecule has 0 aliphatic heterocycles.